The fourth-order valence-corrected chi connectivity index (χ4v) is 1.60. The average molecular weight is 179 g/mol. The first-order chi connectivity index (χ1) is 6.42. The van der Waals surface area contributed by atoms with Crippen molar-refractivity contribution in [3.8, 4) is 0 Å². The second-order valence-corrected chi connectivity index (χ2v) is 3.63. The number of rotatable bonds is 5. The van der Waals surface area contributed by atoms with E-state index in [2.05, 4.69) is 21.8 Å². The van der Waals surface area contributed by atoms with Crippen LogP contribution in [0.1, 0.15) is 31.5 Å². The SMILES string of the molecule is CCNCCc1cncn1C1CC1. The van der Waals surface area contributed by atoms with Gasteiger partial charge in [-0.15, -0.1) is 0 Å². The Morgan fingerprint density at radius 3 is 3.15 bits per heavy atom. The van der Waals surface area contributed by atoms with Crippen LogP contribution >= 0.6 is 0 Å². The third kappa shape index (κ3) is 2.10. The van der Waals surface area contributed by atoms with Crippen molar-refractivity contribution < 1.29 is 0 Å². The van der Waals surface area contributed by atoms with Gasteiger partial charge in [0, 0.05) is 30.9 Å². The van der Waals surface area contributed by atoms with Crippen molar-refractivity contribution in [2.75, 3.05) is 13.1 Å². The average Bonchev–Trinajstić information content (AvgIpc) is 2.88. The summed E-state index contributed by atoms with van der Waals surface area (Å²) in [6, 6.07) is 0.763. The Bertz CT molecular complexity index is 263. The highest BCUT2D eigenvalue weighted by Gasteiger charge is 2.24. The monoisotopic (exact) mass is 179 g/mol. The lowest BCUT2D eigenvalue weighted by Gasteiger charge is -2.06. The molecule has 1 aliphatic rings. The van der Waals surface area contributed by atoms with Crippen LogP contribution in [0.5, 0.6) is 0 Å². The molecule has 1 aliphatic carbocycles. The Morgan fingerprint density at radius 1 is 1.62 bits per heavy atom. The third-order valence-electron chi connectivity index (χ3n) is 2.49. The van der Waals surface area contributed by atoms with E-state index in [9.17, 15) is 0 Å². The molecule has 72 valence electrons. The standard InChI is InChI=1S/C10H17N3/c1-2-11-6-5-10-7-12-8-13(10)9-3-4-9/h7-9,11H,2-6H2,1H3. The molecular weight excluding hydrogens is 162 g/mol. The van der Waals surface area contributed by atoms with E-state index in [1.165, 1.54) is 18.5 Å². The van der Waals surface area contributed by atoms with Gasteiger partial charge in [-0.2, -0.15) is 0 Å². The molecule has 1 aromatic rings. The molecule has 0 atom stereocenters. The Balaban J connectivity index is 1.90. The van der Waals surface area contributed by atoms with Crippen molar-refractivity contribution in [1.29, 1.82) is 0 Å². The van der Waals surface area contributed by atoms with E-state index < -0.39 is 0 Å². The van der Waals surface area contributed by atoms with E-state index in [0.29, 0.717) is 0 Å². The molecule has 3 heteroatoms. The van der Waals surface area contributed by atoms with E-state index in [1.807, 2.05) is 12.5 Å². The summed E-state index contributed by atoms with van der Waals surface area (Å²) >= 11 is 0. The smallest absolute Gasteiger partial charge is 0.0950 e. The van der Waals surface area contributed by atoms with Crippen LogP contribution in [0.3, 0.4) is 0 Å². The van der Waals surface area contributed by atoms with Gasteiger partial charge in [0.25, 0.3) is 0 Å². The van der Waals surface area contributed by atoms with Gasteiger partial charge in [-0.3, -0.25) is 0 Å². The number of hydrogen-bond acceptors (Lipinski definition) is 2. The lowest BCUT2D eigenvalue weighted by Crippen LogP contribution is -2.17. The molecule has 1 saturated carbocycles. The normalized spacial score (nSPS) is 16.4. The number of hydrogen-bond donors (Lipinski definition) is 1. The Hall–Kier alpha value is -0.830. The predicted molar refractivity (Wildman–Crippen MR) is 52.7 cm³/mol. The van der Waals surface area contributed by atoms with Crippen molar-refractivity contribution in [3.63, 3.8) is 0 Å². The first-order valence-electron chi connectivity index (χ1n) is 5.13. The quantitative estimate of drug-likeness (QED) is 0.692. The van der Waals surface area contributed by atoms with Crippen LogP contribution < -0.4 is 5.32 Å². The minimum Gasteiger partial charge on any atom is -0.332 e. The van der Waals surface area contributed by atoms with Crippen molar-refractivity contribution >= 4 is 0 Å². The van der Waals surface area contributed by atoms with Crippen LogP contribution in [0.25, 0.3) is 0 Å². The molecule has 2 rings (SSSR count). The first-order valence-corrected chi connectivity index (χ1v) is 5.13. The molecule has 0 spiro atoms. The molecule has 1 aromatic heterocycles. The van der Waals surface area contributed by atoms with E-state index in [1.54, 1.807) is 0 Å². The topological polar surface area (TPSA) is 29.9 Å². The van der Waals surface area contributed by atoms with Gasteiger partial charge in [-0.1, -0.05) is 6.92 Å². The predicted octanol–water partition coefficient (Wildman–Crippen LogP) is 1.37. The minimum atomic E-state index is 0.763. The summed E-state index contributed by atoms with van der Waals surface area (Å²) in [6.45, 7) is 4.25. The van der Waals surface area contributed by atoms with E-state index in [-0.39, 0.29) is 0 Å². The molecule has 13 heavy (non-hydrogen) atoms. The van der Waals surface area contributed by atoms with Gasteiger partial charge < -0.3 is 9.88 Å². The van der Waals surface area contributed by atoms with Gasteiger partial charge in [0.2, 0.25) is 0 Å². The minimum absolute atomic E-state index is 0.763. The van der Waals surface area contributed by atoms with Gasteiger partial charge in [0.15, 0.2) is 0 Å². The van der Waals surface area contributed by atoms with Crippen molar-refractivity contribution in [3.05, 3.63) is 18.2 Å². The summed E-state index contributed by atoms with van der Waals surface area (Å²) in [7, 11) is 0. The van der Waals surface area contributed by atoms with Crippen LogP contribution in [0, 0.1) is 0 Å². The van der Waals surface area contributed by atoms with Crippen LogP contribution in [-0.2, 0) is 6.42 Å². The number of likely N-dealkylation sites (N-methyl/N-ethyl adjacent to an activating group) is 1. The highest BCUT2D eigenvalue weighted by atomic mass is 15.1. The molecule has 1 fully saturated rings. The largest absolute Gasteiger partial charge is 0.332 e. The molecule has 0 radical (unpaired) electrons. The van der Waals surface area contributed by atoms with Crippen molar-refractivity contribution in [1.82, 2.24) is 14.9 Å². The summed E-state index contributed by atoms with van der Waals surface area (Å²) < 4.78 is 2.33. The van der Waals surface area contributed by atoms with Crippen LogP contribution in [-0.4, -0.2) is 22.6 Å². The molecule has 0 amide bonds. The highest BCUT2D eigenvalue weighted by Crippen LogP contribution is 2.35. The van der Waals surface area contributed by atoms with E-state index in [0.717, 1.165) is 25.6 Å². The Kier molecular flexibility index (Phi) is 2.64. The summed E-state index contributed by atoms with van der Waals surface area (Å²) in [6.07, 6.45) is 7.74. The fraction of sp³-hybridized carbons (Fsp3) is 0.700. The van der Waals surface area contributed by atoms with Gasteiger partial charge in [0.1, 0.15) is 0 Å². The molecule has 0 aliphatic heterocycles. The van der Waals surface area contributed by atoms with Crippen LogP contribution in [0.2, 0.25) is 0 Å². The first kappa shape index (κ1) is 8.75. The van der Waals surface area contributed by atoms with Gasteiger partial charge in [-0.25, -0.2) is 4.98 Å². The molecule has 0 saturated heterocycles. The maximum atomic E-state index is 4.20. The maximum Gasteiger partial charge on any atom is 0.0950 e. The maximum absolute atomic E-state index is 4.20. The number of nitrogens with zero attached hydrogens (tertiary/aromatic N) is 2. The lowest BCUT2D eigenvalue weighted by molar-refractivity contribution is 0.651. The Morgan fingerprint density at radius 2 is 2.46 bits per heavy atom. The summed E-state index contributed by atoms with van der Waals surface area (Å²) in [4.78, 5) is 4.20. The second kappa shape index (κ2) is 3.92. The van der Waals surface area contributed by atoms with Gasteiger partial charge in [-0.05, 0) is 19.4 Å². The lowest BCUT2D eigenvalue weighted by atomic mass is 10.3. The zero-order valence-electron chi connectivity index (χ0n) is 8.16. The van der Waals surface area contributed by atoms with Crippen LogP contribution in [0.15, 0.2) is 12.5 Å². The molecular formula is C10H17N3. The van der Waals surface area contributed by atoms with Gasteiger partial charge in [0.05, 0.1) is 6.33 Å². The molecule has 1 heterocycles. The van der Waals surface area contributed by atoms with Crippen molar-refractivity contribution in [2.24, 2.45) is 0 Å². The molecule has 0 aromatic carbocycles. The van der Waals surface area contributed by atoms with Crippen LogP contribution in [0.4, 0.5) is 0 Å². The van der Waals surface area contributed by atoms with Crippen molar-refractivity contribution in [2.45, 2.75) is 32.2 Å². The Labute approximate surface area is 79.2 Å². The summed E-state index contributed by atoms with van der Waals surface area (Å²) in [5, 5.41) is 3.33. The van der Waals surface area contributed by atoms with E-state index in [4.69, 9.17) is 0 Å². The zero-order chi connectivity index (χ0) is 9.10. The summed E-state index contributed by atoms with van der Waals surface area (Å²) in [5.74, 6) is 0. The van der Waals surface area contributed by atoms with E-state index >= 15 is 0 Å². The van der Waals surface area contributed by atoms with Gasteiger partial charge >= 0.3 is 0 Å². The number of imidazole rings is 1. The molecule has 0 bridgehead atoms. The highest BCUT2D eigenvalue weighted by molar-refractivity contribution is 5.03. The zero-order valence-corrected chi connectivity index (χ0v) is 8.16. The number of aromatic nitrogens is 2. The summed E-state index contributed by atoms with van der Waals surface area (Å²) in [5.41, 5.74) is 1.38. The molecule has 1 N–H and O–H groups in total. The molecule has 0 unspecified atom stereocenters. The third-order valence-corrected chi connectivity index (χ3v) is 2.49. The number of nitrogens with one attached hydrogen (secondary N) is 1. The fourth-order valence-electron chi connectivity index (χ4n) is 1.60. The molecule has 3 nitrogen and oxygen atoms in total. The second-order valence-electron chi connectivity index (χ2n) is 3.63.